The van der Waals surface area contributed by atoms with Crippen molar-refractivity contribution < 1.29 is 5.11 Å². The number of rotatable bonds is 4. The lowest BCUT2D eigenvalue weighted by Crippen LogP contribution is -2.35. The van der Waals surface area contributed by atoms with Crippen LogP contribution >= 0.6 is 0 Å². The number of aryl methyl sites for hydroxylation is 2. The zero-order valence-corrected chi connectivity index (χ0v) is 17.0. The molecule has 0 fully saturated rings. The van der Waals surface area contributed by atoms with Crippen LogP contribution in [0.15, 0.2) is 27.1 Å². The maximum Gasteiger partial charge on any atom is 0.169 e. The first-order valence-electron chi connectivity index (χ1n) is 10.3. The molecule has 2 aliphatic rings. The van der Waals surface area contributed by atoms with Crippen molar-refractivity contribution in [1.29, 1.82) is 0 Å². The van der Waals surface area contributed by atoms with E-state index in [1.165, 1.54) is 24.0 Å². The van der Waals surface area contributed by atoms with Crippen LogP contribution in [-0.4, -0.2) is 23.3 Å². The van der Waals surface area contributed by atoms with Gasteiger partial charge >= 0.3 is 0 Å². The summed E-state index contributed by atoms with van der Waals surface area (Å²) in [5.74, 6) is 0.762. The summed E-state index contributed by atoms with van der Waals surface area (Å²) in [6, 6.07) is 4.49. The highest BCUT2D eigenvalue weighted by Gasteiger charge is 2.20. The van der Waals surface area contributed by atoms with E-state index in [4.69, 9.17) is 15.0 Å². The smallest absolute Gasteiger partial charge is 0.169 e. The zero-order chi connectivity index (χ0) is 19.4. The molecule has 4 heteroatoms. The van der Waals surface area contributed by atoms with Crippen molar-refractivity contribution in [2.45, 2.75) is 78.7 Å². The quantitative estimate of drug-likeness (QED) is 0.810. The summed E-state index contributed by atoms with van der Waals surface area (Å²) in [6.07, 6.45) is 8.06. The number of nitrogens with zero attached hydrogens (tertiary/aromatic N) is 3. The Hall–Kier alpha value is -2.23. The molecule has 1 atom stereocenters. The number of aliphatic imine (C=N–C) groups is 3. The van der Waals surface area contributed by atoms with Gasteiger partial charge in [0.15, 0.2) is 5.84 Å². The molecule has 3 rings (SSSR count). The van der Waals surface area contributed by atoms with Crippen molar-refractivity contribution in [3.05, 3.63) is 33.7 Å². The molecular formula is C23H30N3O-. The van der Waals surface area contributed by atoms with Gasteiger partial charge in [-0.3, -0.25) is 4.99 Å². The van der Waals surface area contributed by atoms with Gasteiger partial charge in [0.25, 0.3) is 0 Å². The van der Waals surface area contributed by atoms with Gasteiger partial charge in [-0.2, -0.15) is 0 Å². The van der Waals surface area contributed by atoms with Crippen molar-refractivity contribution in [2.75, 3.05) is 0 Å². The van der Waals surface area contributed by atoms with E-state index in [1.807, 2.05) is 0 Å². The molecule has 1 unspecified atom stereocenters. The number of fused-ring (bicyclic) bond motifs is 1. The van der Waals surface area contributed by atoms with Gasteiger partial charge in [0.2, 0.25) is 0 Å². The molecule has 1 heterocycles. The fourth-order valence-corrected chi connectivity index (χ4v) is 3.70. The van der Waals surface area contributed by atoms with Crippen LogP contribution in [0.4, 0.5) is 0 Å². The van der Waals surface area contributed by atoms with Gasteiger partial charge in [0, 0.05) is 11.3 Å². The van der Waals surface area contributed by atoms with Gasteiger partial charge in [0.1, 0.15) is 0 Å². The molecule has 0 N–H and O–H groups in total. The predicted molar refractivity (Wildman–Crippen MR) is 113 cm³/mol. The summed E-state index contributed by atoms with van der Waals surface area (Å²) < 4.78 is 0. The highest BCUT2D eigenvalue weighted by atomic mass is 16.2. The Morgan fingerprint density at radius 3 is 2.30 bits per heavy atom. The van der Waals surface area contributed by atoms with Crippen LogP contribution < -0.4 is 15.5 Å². The third-order valence-corrected chi connectivity index (χ3v) is 5.52. The summed E-state index contributed by atoms with van der Waals surface area (Å²) >= 11 is 0. The number of hydrogen-bond donors (Lipinski definition) is 0. The molecule has 0 saturated heterocycles. The minimum absolute atomic E-state index is 0.231. The minimum Gasteiger partial charge on any atom is -0.877 e. The third kappa shape index (κ3) is 4.05. The number of amidine groups is 1. The van der Waals surface area contributed by atoms with Crippen LogP contribution in [0, 0.1) is 0 Å². The van der Waals surface area contributed by atoms with Gasteiger partial charge in [0.05, 0.1) is 17.1 Å². The molecule has 1 aliphatic heterocycles. The average molecular weight is 365 g/mol. The van der Waals surface area contributed by atoms with Crippen LogP contribution in [0.5, 0.6) is 0 Å². The van der Waals surface area contributed by atoms with Crippen LogP contribution in [0.3, 0.4) is 0 Å². The number of benzene rings is 1. The van der Waals surface area contributed by atoms with E-state index in [0.717, 1.165) is 71.8 Å². The largest absolute Gasteiger partial charge is 0.877 e. The lowest BCUT2D eigenvalue weighted by Gasteiger charge is -2.19. The Kier molecular flexibility index (Phi) is 6.25. The fraction of sp³-hybridized carbons (Fsp3) is 0.522. The maximum absolute atomic E-state index is 11.8. The van der Waals surface area contributed by atoms with Gasteiger partial charge in [-0.25, -0.2) is 9.98 Å². The highest BCUT2D eigenvalue weighted by molar-refractivity contribution is 6.48. The van der Waals surface area contributed by atoms with E-state index in [1.54, 1.807) is 0 Å². The van der Waals surface area contributed by atoms with Gasteiger partial charge in [-0.15, -0.1) is 6.26 Å². The molecule has 0 aromatic heterocycles. The normalized spacial score (nSPS) is 22.4. The van der Waals surface area contributed by atoms with E-state index in [2.05, 4.69) is 39.8 Å². The first-order chi connectivity index (χ1) is 13.1. The van der Waals surface area contributed by atoms with Crippen LogP contribution in [0.1, 0.15) is 70.9 Å². The molecule has 0 radical (unpaired) electrons. The summed E-state index contributed by atoms with van der Waals surface area (Å²) in [4.78, 5) is 14.6. The summed E-state index contributed by atoms with van der Waals surface area (Å²) in [5.41, 5.74) is 5.37. The summed E-state index contributed by atoms with van der Waals surface area (Å²) in [7, 11) is 0. The monoisotopic (exact) mass is 364 g/mol. The van der Waals surface area contributed by atoms with Gasteiger partial charge in [-0.05, 0) is 74.3 Å². The van der Waals surface area contributed by atoms with Crippen molar-refractivity contribution in [3.8, 4) is 0 Å². The second-order valence-corrected chi connectivity index (χ2v) is 7.42. The van der Waals surface area contributed by atoms with Crippen molar-refractivity contribution >= 4 is 29.2 Å². The highest BCUT2D eigenvalue weighted by Crippen LogP contribution is 2.19. The summed E-state index contributed by atoms with van der Waals surface area (Å²) in [6.45, 7) is 8.41. The molecule has 1 aromatic rings. The second-order valence-electron chi connectivity index (χ2n) is 7.42. The van der Waals surface area contributed by atoms with Crippen LogP contribution in [0.25, 0.3) is 12.0 Å². The van der Waals surface area contributed by atoms with E-state index in [0.29, 0.717) is 0 Å². The molecule has 144 valence electrons. The van der Waals surface area contributed by atoms with E-state index in [-0.39, 0.29) is 6.04 Å². The summed E-state index contributed by atoms with van der Waals surface area (Å²) in [5, 5.41) is 13.5. The predicted octanol–water partition coefficient (Wildman–Crippen LogP) is 2.68. The molecule has 0 bridgehead atoms. The molecule has 1 aromatic carbocycles. The molecule has 0 saturated carbocycles. The fourth-order valence-electron chi connectivity index (χ4n) is 3.70. The van der Waals surface area contributed by atoms with E-state index >= 15 is 0 Å². The molecule has 0 amide bonds. The Morgan fingerprint density at radius 2 is 1.70 bits per heavy atom. The topological polar surface area (TPSA) is 60.1 Å². The Balaban J connectivity index is 2.25. The molecule has 4 nitrogen and oxygen atoms in total. The molecular weight excluding hydrogens is 334 g/mol. The SMILES string of the molecule is CCC1=NC(=c2cc3c(cc2=C[O-])CCCC3)C(CC)=NC1=NC(C)CC. The van der Waals surface area contributed by atoms with E-state index in [9.17, 15) is 5.11 Å². The maximum atomic E-state index is 11.8. The molecule has 1 aliphatic carbocycles. The zero-order valence-electron chi connectivity index (χ0n) is 17.0. The first-order valence-corrected chi connectivity index (χ1v) is 10.3. The van der Waals surface area contributed by atoms with Crippen molar-refractivity contribution in [3.63, 3.8) is 0 Å². The van der Waals surface area contributed by atoms with Crippen molar-refractivity contribution in [1.82, 2.24) is 0 Å². The van der Waals surface area contributed by atoms with E-state index < -0.39 is 0 Å². The average Bonchev–Trinajstić information content (AvgIpc) is 2.72. The molecule has 0 spiro atoms. The van der Waals surface area contributed by atoms with Crippen LogP contribution in [-0.2, 0) is 12.8 Å². The minimum atomic E-state index is 0.231. The first kappa shape index (κ1) is 19.5. The van der Waals surface area contributed by atoms with Crippen LogP contribution in [0.2, 0.25) is 0 Å². The van der Waals surface area contributed by atoms with Gasteiger partial charge < -0.3 is 5.11 Å². The number of hydrogen-bond acceptors (Lipinski definition) is 3. The Bertz CT molecular complexity index is 922. The lowest BCUT2D eigenvalue weighted by molar-refractivity contribution is -0.229. The Labute approximate surface area is 162 Å². The Morgan fingerprint density at radius 1 is 1.04 bits per heavy atom. The third-order valence-electron chi connectivity index (χ3n) is 5.52. The standard InChI is InChI=1S/C23H31N3O/c1-5-15(4)24-23-21(7-3)25-22(20(6-2)26-23)19-13-17-11-9-8-10-16(17)12-18(19)14-27/h12-15,27H,5-11H2,1-4H3/p-1. The van der Waals surface area contributed by atoms with Gasteiger partial charge in [-0.1, -0.05) is 26.8 Å². The second kappa shape index (κ2) is 8.64. The van der Waals surface area contributed by atoms with Crippen molar-refractivity contribution in [2.24, 2.45) is 15.0 Å². The lowest BCUT2D eigenvalue weighted by atomic mass is 9.90. The molecule has 27 heavy (non-hydrogen) atoms.